The van der Waals surface area contributed by atoms with E-state index in [2.05, 4.69) is 4.98 Å². The molecule has 9 heteroatoms. The van der Waals surface area contributed by atoms with E-state index in [1.165, 1.54) is 16.4 Å². The summed E-state index contributed by atoms with van der Waals surface area (Å²) in [5, 5.41) is 0.773. The van der Waals surface area contributed by atoms with Crippen LogP contribution in [0.3, 0.4) is 0 Å². The molecule has 0 atom stereocenters. The van der Waals surface area contributed by atoms with Crippen LogP contribution in [-0.2, 0) is 10.0 Å². The minimum absolute atomic E-state index is 0.0613. The van der Waals surface area contributed by atoms with Gasteiger partial charge in [-0.05, 0) is 37.1 Å². The fourth-order valence-electron chi connectivity index (χ4n) is 4.59. The quantitative estimate of drug-likeness (QED) is 0.582. The van der Waals surface area contributed by atoms with Crippen LogP contribution < -0.4 is 0 Å². The van der Waals surface area contributed by atoms with Crippen molar-refractivity contribution in [2.45, 2.75) is 22.6 Å². The first-order valence-electron chi connectivity index (χ1n) is 10.5. The van der Waals surface area contributed by atoms with Crippen LogP contribution in [0, 0.1) is 5.82 Å². The van der Waals surface area contributed by atoms with E-state index in [0.29, 0.717) is 38.0 Å². The first-order valence-corrected chi connectivity index (χ1v) is 12.9. The van der Waals surface area contributed by atoms with Gasteiger partial charge in [0.05, 0.1) is 16.0 Å². The molecule has 0 radical (unpaired) electrons. The Kier molecular flexibility index (Phi) is 5.43. The molecule has 2 aliphatic rings. The fraction of sp³-hybridized carbons (Fsp3) is 0.304. The van der Waals surface area contributed by atoms with Gasteiger partial charge in [-0.15, -0.1) is 11.8 Å². The number of benzene rings is 2. The maximum atomic E-state index is 14.2. The topological polar surface area (TPSA) is 70.6 Å². The number of carbonyl (C=O) groups excluding carboxylic acids is 1. The van der Waals surface area contributed by atoms with Gasteiger partial charge in [0.15, 0.2) is 0 Å². The summed E-state index contributed by atoms with van der Waals surface area (Å²) in [4.78, 5) is 18.8. The molecule has 0 bridgehead atoms. The van der Waals surface area contributed by atoms with Crippen LogP contribution >= 0.6 is 11.8 Å². The highest BCUT2D eigenvalue weighted by Crippen LogP contribution is 2.45. The number of amides is 1. The molecule has 2 aliphatic heterocycles. The molecule has 6 nitrogen and oxygen atoms in total. The number of nitrogens with zero attached hydrogens (tertiary/aromatic N) is 3. The lowest BCUT2D eigenvalue weighted by atomic mass is 10.0. The Morgan fingerprint density at radius 1 is 1.00 bits per heavy atom. The number of aromatic nitrogens is 1. The lowest BCUT2D eigenvalue weighted by Gasteiger charge is -2.43. The molecule has 0 N–H and O–H groups in total. The Hall–Kier alpha value is -2.49. The molecule has 1 spiro atoms. The van der Waals surface area contributed by atoms with Crippen LogP contribution in [0.5, 0.6) is 0 Å². The summed E-state index contributed by atoms with van der Waals surface area (Å²) < 4.78 is 42.6. The van der Waals surface area contributed by atoms with Gasteiger partial charge in [0.1, 0.15) is 10.7 Å². The van der Waals surface area contributed by atoms with E-state index in [1.54, 1.807) is 53.2 Å². The zero-order chi connectivity index (χ0) is 22.3. The van der Waals surface area contributed by atoms with Gasteiger partial charge in [-0.3, -0.25) is 9.78 Å². The molecular formula is C23H22FN3O3S2. The van der Waals surface area contributed by atoms with E-state index >= 15 is 0 Å². The molecule has 0 aliphatic carbocycles. The molecule has 3 heterocycles. The first kappa shape index (κ1) is 21.4. The van der Waals surface area contributed by atoms with Crippen LogP contribution in [0.4, 0.5) is 4.39 Å². The third-order valence-electron chi connectivity index (χ3n) is 6.24. The van der Waals surface area contributed by atoms with E-state index in [-0.39, 0.29) is 16.4 Å². The number of fused-ring (bicyclic) bond motifs is 1. The first-order chi connectivity index (χ1) is 15.4. The van der Waals surface area contributed by atoms with Crippen LogP contribution in [0.15, 0.2) is 65.7 Å². The predicted molar refractivity (Wildman–Crippen MR) is 122 cm³/mol. The maximum Gasteiger partial charge on any atom is 0.257 e. The summed E-state index contributed by atoms with van der Waals surface area (Å²) in [6.07, 6.45) is 2.58. The highest BCUT2D eigenvalue weighted by atomic mass is 32.2. The third kappa shape index (κ3) is 3.48. The second kappa shape index (κ2) is 8.13. The summed E-state index contributed by atoms with van der Waals surface area (Å²) in [6.45, 7) is 1.11. The minimum atomic E-state index is -3.73. The van der Waals surface area contributed by atoms with Crippen molar-refractivity contribution in [3.05, 3.63) is 72.2 Å². The number of para-hydroxylation sites is 1. The van der Waals surface area contributed by atoms with Gasteiger partial charge in [0, 0.05) is 37.0 Å². The summed E-state index contributed by atoms with van der Waals surface area (Å²) in [5.41, 5.74) is 0.521. The summed E-state index contributed by atoms with van der Waals surface area (Å²) in [5.74, 6) is -0.115. The van der Waals surface area contributed by atoms with Crippen molar-refractivity contribution in [3.8, 4) is 0 Å². The van der Waals surface area contributed by atoms with E-state index in [0.717, 1.165) is 11.1 Å². The highest BCUT2D eigenvalue weighted by molar-refractivity contribution is 8.00. The van der Waals surface area contributed by atoms with E-state index in [4.69, 9.17) is 0 Å². The van der Waals surface area contributed by atoms with Crippen molar-refractivity contribution >= 4 is 38.6 Å². The largest absolute Gasteiger partial charge is 0.323 e. The van der Waals surface area contributed by atoms with Crippen LogP contribution in [0.25, 0.3) is 10.9 Å². The lowest BCUT2D eigenvalue weighted by molar-refractivity contribution is 0.0600. The maximum absolute atomic E-state index is 14.2. The average Bonchev–Trinajstić information content (AvgIpc) is 3.21. The van der Waals surface area contributed by atoms with E-state index in [9.17, 15) is 17.6 Å². The van der Waals surface area contributed by atoms with E-state index in [1.807, 2.05) is 12.1 Å². The molecule has 3 aromatic rings. The Morgan fingerprint density at radius 3 is 2.53 bits per heavy atom. The van der Waals surface area contributed by atoms with Crippen molar-refractivity contribution < 1.29 is 17.6 Å². The molecular weight excluding hydrogens is 449 g/mol. The lowest BCUT2D eigenvalue weighted by Crippen LogP contribution is -2.53. The van der Waals surface area contributed by atoms with Gasteiger partial charge in [-0.1, -0.05) is 30.3 Å². The Labute approximate surface area is 190 Å². The monoisotopic (exact) mass is 471 g/mol. The highest BCUT2D eigenvalue weighted by Gasteiger charge is 2.48. The van der Waals surface area contributed by atoms with Crippen LogP contribution in [0.2, 0.25) is 0 Å². The van der Waals surface area contributed by atoms with Gasteiger partial charge in [0.25, 0.3) is 5.91 Å². The smallest absolute Gasteiger partial charge is 0.257 e. The van der Waals surface area contributed by atoms with Gasteiger partial charge >= 0.3 is 0 Å². The van der Waals surface area contributed by atoms with E-state index < -0.39 is 20.7 Å². The number of piperidine rings is 1. The third-order valence-corrected chi connectivity index (χ3v) is 9.73. The average molecular weight is 472 g/mol. The number of hydrogen-bond donors (Lipinski definition) is 0. The molecule has 2 saturated heterocycles. The summed E-state index contributed by atoms with van der Waals surface area (Å²) >= 11 is 1.66. The Bertz CT molecular complexity index is 1290. The van der Waals surface area contributed by atoms with Gasteiger partial charge < -0.3 is 4.90 Å². The SMILES string of the molecule is O=C(c1ccccc1F)N1CCSC12CCN(S(=O)(=O)c1cccc3cccnc13)CC2. The fourth-order valence-corrected chi connectivity index (χ4v) is 7.65. The van der Waals surface area contributed by atoms with Gasteiger partial charge in [-0.2, -0.15) is 4.31 Å². The van der Waals surface area contributed by atoms with Crippen LogP contribution in [0.1, 0.15) is 23.2 Å². The van der Waals surface area contributed by atoms with Crippen LogP contribution in [-0.4, -0.2) is 58.8 Å². The molecule has 0 unspecified atom stereocenters. The number of thioether (sulfide) groups is 1. The molecule has 1 aromatic heterocycles. The molecule has 2 aromatic carbocycles. The van der Waals surface area contributed by atoms with Gasteiger partial charge in [-0.25, -0.2) is 12.8 Å². The standard InChI is InChI=1S/C23H22FN3O3S2/c24-19-8-2-1-7-18(19)22(28)27-15-16-31-23(27)10-13-26(14-11-23)32(29,30)20-9-3-5-17-6-4-12-25-21(17)20/h1-9,12H,10-11,13-16H2. The van der Waals surface area contributed by atoms with Crippen molar-refractivity contribution in [3.63, 3.8) is 0 Å². The molecule has 2 fully saturated rings. The molecule has 5 rings (SSSR count). The molecule has 0 saturated carbocycles. The number of pyridine rings is 1. The number of carbonyl (C=O) groups is 1. The Balaban J connectivity index is 1.39. The Morgan fingerprint density at radius 2 is 1.75 bits per heavy atom. The minimum Gasteiger partial charge on any atom is -0.323 e. The van der Waals surface area contributed by atoms with Crippen molar-refractivity contribution in [1.29, 1.82) is 0 Å². The molecule has 32 heavy (non-hydrogen) atoms. The second-order valence-corrected chi connectivity index (χ2v) is 11.3. The summed E-state index contributed by atoms with van der Waals surface area (Å²) in [6, 6.07) is 14.8. The second-order valence-electron chi connectivity index (χ2n) is 7.97. The molecule has 166 valence electrons. The number of sulfonamides is 1. The summed E-state index contributed by atoms with van der Waals surface area (Å²) in [7, 11) is -3.73. The number of hydrogen-bond acceptors (Lipinski definition) is 5. The van der Waals surface area contributed by atoms with Gasteiger partial charge in [0.2, 0.25) is 10.0 Å². The zero-order valence-electron chi connectivity index (χ0n) is 17.3. The van der Waals surface area contributed by atoms with Crippen molar-refractivity contribution in [1.82, 2.24) is 14.2 Å². The van der Waals surface area contributed by atoms with Crippen molar-refractivity contribution in [2.75, 3.05) is 25.4 Å². The number of rotatable bonds is 3. The van der Waals surface area contributed by atoms with Crippen molar-refractivity contribution in [2.24, 2.45) is 0 Å². The predicted octanol–water partition coefficient (Wildman–Crippen LogP) is 3.74. The normalized spacial score (nSPS) is 19.0. The number of halogens is 1. The zero-order valence-corrected chi connectivity index (χ0v) is 18.9. The molecule has 1 amide bonds.